The van der Waals surface area contributed by atoms with Crippen LogP contribution in [-0.4, -0.2) is 189 Å². The van der Waals surface area contributed by atoms with Crippen LogP contribution in [0.1, 0.15) is 118 Å². The van der Waals surface area contributed by atoms with Crippen LogP contribution in [0.5, 0.6) is 0 Å². The minimum atomic E-state index is -1.69. The maximum Gasteiger partial charge on any atom is 0.303 e. The van der Waals surface area contributed by atoms with Crippen LogP contribution >= 0.6 is 0 Å². The summed E-state index contributed by atoms with van der Waals surface area (Å²) in [6, 6.07) is 32.5. The number of rotatable bonds is 26. The van der Waals surface area contributed by atoms with Gasteiger partial charge < -0.3 is 83.3 Å². The highest BCUT2D eigenvalue weighted by molar-refractivity contribution is 6.10. The Hall–Kier alpha value is -13.2. The third-order valence-corrected chi connectivity index (χ3v) is 21.3. The first-order chi connectivity index (χ1) is 56.5. The van der Waals surface area contributed by atoms with Crippen LogP contribution in [0.3, 0.4) is 0 Å². The Bertz CT molecular complexity index is 5270. The molecular formula is C86H104N19O12+. The number of aromatic nitrogens is 5. The largest absolute Gasteiger partial charge is 0.481 e. The summed E-state index contributed by atoms with van der Waals surface area (Å²) in [5, 5.41) is 52.0. The maximum absolute atomic E-state index is 15.6. The molecule has 16 N–H and O–H groups in total. The van der Waals surface area contributed by atoms with Gasteiger partial charge in [-0.25, -0.2) is 4.58 Å². The number of carboxylic acids is 1. The zero-order chi connectivity index (χ0) is 83.2. The lowest BCUT2D eigenvalue weighted by Crippen LogP contribution is -2.61. The number of H-pyrrole nitrogens is 2. The van der Waals surface area contributed by atoms with Crippen LogP contribution in [0.25, 0.3) is 55.2 Å². The number of para-hydroxylation sites is 2. The molecule has 5 heterocycles. The van der Waals surface area contributed by atoms with Gasteiger partial charge in [0.1, 0.15) is 66.7 Å². The molecule has 0 radical (unpaired) electrons. The Morgan fingerprint density at radius 2 is 1.22 bits per heavy atom. The summed E-state index contributed by atoms with van der Waals surface area (Å²) >= 11 is 0. The highest BCUT2D eigenvalue weighted by atomic mass is 16.4. The zero-order valence-electron chi connectivity index (χ0n) is 66.5. The Balaban J connectivity index is 0.903. The summed E-state index contributed by atoms with van der Waals surface area (Å²) in [4.78, 5) is 156. The molecule has 31 nitrogen and oxygen atoms in total. The van der Waals surface area contributed by atoms with Gasteiger partial charge in [0.2, 0.25) is 52.6 Å². The van der Waals surface area contributed by atoms with Crippen LogP contribution in [0.4, 0.5) is 5.69 Å². The van der Waals surface area contributed by atoms with Crippen LogP contribution in [0, 0.1) is 5.41 Å². The number of fused-ring (bicyclic) bond motifs is 6. The van der Waals surface area contributed by atoms with Gasteiger partial charge in [0.15, 0.2) is 5.96 Å². The first kappa shape index (κ1) is 84.7. The molecule has 5 aromatic carbocycles. The van der Waals surface area contributed by atoms with E-state index in [9.17, 15) is 29.1 Å². The molecule has 3 aliphatic rings. The van der Waals surface area contributed by atoms with E-state index in [4.69, 9.17) is 21.3 Å². The van der Waals surface area contributed by atoms with E-state index in [1.807, 2.05) is 60.7 Å². The molecule has 9 amide bonds. The summed E-state index contributed by atoms with van der Waals surface area (Å²) in [5.74, 6) is -8.16. The number of carboxylic acid groups (broad SMARTS) is 1. The van der Waals surface area contributed by atoms with Gasteiger partial charge in [-0.2, -0.15) is 0 Å². The number of carbonyl (C=O) groups is 10. The van der Waals surface area contributed by atoms with Gasteiger partial charge >= 0.3 is 5.97 Å². The number of aryl methyl sites for hydroxylation is 1. The Morgan fingerprint density at radius 3 is 1.85 bits per heavy atom. The first-order valence-corrected chi connectivity index (χ1v) is 39.9. The predicted octanol–water partition coefficient (Wildman–Crippen LogP) is 5.43. The van der Waals surface area contributed by atoms with Crippen molar-refractivity contribution >= 4 is 104 Å². The summed E-state index contributed by atoms with van der Waals surface area (Å²) in [6.07, 6.45) is 3.51. The standard InChI is InChI=1S/C86H103N19O12/c1-6-103(7-2)56-34-36-62-73(47-56)117-74-48-57(104(8-3)9-4)35-37-63(74)77(62)60-27-13-14-28-61(60)85(116)102(5)41-22-33-75(106)93-72-46-55-51-105(101-100-55)42-20-19-31-66(78(87)109)94-79(110)67(32-21-40-90-86(88)89)95-81(112)69(43-52-23-11-10-12-24-52)97-82(113)71(45-54-50-92-65-30-18-16-26-59(54)65)99-83(114)70(44-53-49-91-64-29-17-15-25-58(53)64)98-80(111)68(96-84(72)115)38-39-76(107)108/h10-18,23-30,34-37,47-51,66-72,91-92H,6-9,19-22,31-33,38-46H2,1-5H3,(H13-,87,88,89,90,93,94,95,96,97,98,99,106,107,108,109,110,111,112,113,114,115)/p+1/t66-,67-,68-,69-,70-,71-,72-/m0/s1. The minimum absolute atomic E-state index is 0.0339. The Labute approximate surface area is 676 Å². The van der Waals surface area contributed by atoms with E-state index in [1.54, 1.807) is 92.4 Å². The monoisotopic (exact) mass is 1590 g/mol. The third-order valence-electron chi connectivity index (χ3n) is 21.3. The average Bonchev–Trinajstić information content (AvgIpc) is 1.32. The number of nitrogens with zero attached hydrogens (tertiary/aromatic N) is 6. The van der Waals surface area contributed by atoms with E-state index >= 15 is 24.0 Å². The van der Waals surface area contributed by atoms with Gasteiger partial charge in [0, 0.05) is 159 Å². The summed E-state index contributed by atoms with van der Waals surface area (Å²) in [6.45, 7) is 11.9. The third kappa shape index (κ3) is 22.0. The van der Waals surface area contributed by atoms with Crippen LogP contribution in [-0.2, 0) is 75.4 Å². The number of anilines is 1. The molecule has 11 rings (SSSR count). The molecule has 2 aliphatic heterocycles. The molecule has 0 saturated carbocycles. The SMILES string of the molecule is CCN(CC)c1ccc2c(-c3ccccc3C(=O)N(C)CCCC(=O)N[C@H]3Cc4cn(nn4)CCCC[C@@H](C(N)=O)NC(=O)[C@H](CCCNC(=N)N)NC(=O)[C@H](Cc4ccccc4)NC(=O)[C@H](Cc4c[nH]c5ccccc45)NC(=O)[C@H](Cc4c[nH]c5ccccc45)NC(=O)[C@H](CCC(=O)O)NC3=O)c3ccc(=[N+](CC)CC)cc-3oc2c1. The Kier molecular flexibility index (Phi) is 29.1. The van der Waals surface area contributed by atoms with Gasteiger partial charge in [-0.1, -0.05) is 90.1 Å². The molecule has 2 bridgehead atoms. The molecular weight excluding hydrogens is 1490 g/mol. The molecule has 8 aromatic rings. The van der Waals surface area contributed by atoms with Crippen molar-refractivity contribution in [1.29, 1.82) is 5.41 Å². The van der Waals surface area contributed by atoms with Crippen LogP contribution in [0.15, 0.2) is 163 Å². The van der Waals surface area contributed by atoms with Crippen molar-refractivity contribution in [2.24, 2.45) is 11.5 Å². The second kappa shape index (κ2) is 40.2. The normalized spacial score (nSPS) is 18.3. The minimum Gasteiger partial charge on any atom is -0.481 e. The van der Waals surface area contributed by atoms with E-state index in [1.165, 1.54) is 9.58 Å². The lowest BCUT2D eigenvalue weighted by molar-refractivity contribution is -0.138. The topological polar surface area (TPSA) is 448 Å². The summed E-state index contributed by atoms with van der Waals surface area (Å²) in [7, 11) is 1.64. The molecule has 0 fully saturated rings. The number of aromatic amines is 2. The van der Waals surface area contributed by atoms with E-state index in [0.29, 0.717) is 67.4 Å². The molecule has 614 valence electrons. The second-order valence-electron chi connectivity index (χ2n) is 29.4. The number of nitrogens with two attached hydrogens (primary N) is 2. The van der Waals surface area contributed by atoms with Gasteiger partial charge in [0.25, 0.3) is 5.91 Å². The van der Waals surface area contributed by atoms with Crippen molar-refractivity contribution in [1.82, 2.24) is 77.0 Å². The number of nitrogens with one attached hydrogen (secondary N) is 11. The fraction of sp³-hybridized carbons (Fsp3) is 0.372. The number of aliphatic carboxylic acids is 1. The van der Waals surface area contributed by atoms with Crippen molar-refractivity contribution in [3.63, 3.8) is 0 Å². The van der Waals surface area contributed by atoms with Crippen molar-refractivity contribution in [3.8, 4) is 22.5 Å². The van der Waals surface area contributed by atoms with Crippen molar-refractivity contribution in [2.45, 2.75) is 160 Å². The molecule has 1 aliphatic carbocycles. The summed E-state index contributed by atoms with van der Waals surface area (Å²) < 4.78 is 10.5. The van der Waals surface area contributed by atoms with Gasteiger partial charge in [-0.3, -0.25) is 58.0 Å². The highest BCUT2D eigenvalue weighted by Crippen LogP contribution is 2.42. The zero-order valence-corrected chi connectivity index (χ0v) is 66.5. The smallest absolute Gasteiger partial charge is 0.303 e. The number of guanidine groups is 1. The average molecular weight is 1600 g/mol. The highest BCUT2D eigenvalue weighted by Gasteiger charge is 2.37. The van der Waals surface area contributed by atoms with Crippen molar-refractivity contribution in [2.75, 3.05) is 51.2 Å². The molecule has 0 spiro atoms. The fourth-order valence-corrected chi connectivity index (χ4v) is 15.0. The summed E-state index contributed by atoms with van der Waals surface area (Å²) in [5.41, 5.74) is 19.2. The fourth-order valence-electron chi connectivity index (χ4n) is 15.0. The number of primary amides is 1. The van der Waals surface area contributed by atoms with Crippen LogP contribution < -0.4 is 68.8 Å². The maximum atomic E-state index is 15.6. The molecule has 7 atom stereocenters. The number of hydrogen-bond acceptors (Lipinski definition) is 15. The lowest BCUT2D eigenvalue weighted by atomic mass is 9.90. The van der Waals surface area contributed by atoms with Crippen LogP contribution in [0.2, 0.25) is 0 Å². The number of carbonyl (C=O) groups excluding carboxylic acids is 9. The number of hydrogen-bond donors (Lipinski definition) is 14. The van der Waals surface area contributed by atoms with E-state index in [2.05, 4.69) is 112 Å². The predicted molar refractivity (Wildman–Crippen MR) is 445 cm³/mol. The number of benzene rings is 6. The lowest BCUT2D eigenvalue weighted by Gasteiger charge is -2.28. The number of amides is 9. The van der Waals surface area contributed by atoms with E-state index < -0.39 is 108 Å². The van der Waals surface area contributed by atoms with Crippen molar-refractivity contribution < 1.29 is 57.5 Å². The molecule has 0 saturated heterocycles. The van der Waals surface area contributed by atoms with Gasteiger partial charge in [0.05, 0.1) is 11.8 Å². The molecule has 31 heteroatoms. The second-order valence-corrected chi connectivity index (χ2v) is 29.4. The molecule has 0 unspecified atom stereocenters. The van der Waals surface area contributed by atoms with Crippen molar-refractivity contribution in [3.05, 3.63) is 191 Å². The Morgan fingerprint density at radius 1 is 0.632 bits per heavy atom. The first-order valence-electron chi connectivity index (χ1n) is 39.9. The molecule has 117 heavy (non-hydrogen) atoms. The van der Waals surface area contributed by atoms with E-state index in [0.717, 1.165) is 53.7 Å². The quantitative estimate of drug-likeness (QED) is 0.0106. The van der Waals surface area contributed by atoms with Gasteiger partial charge in [-0.15, -0.1) is 5.10 Å². The van der Waals surface area contributed by atoms with Gasteiger partial charge in [-0.05, 0) is 131 Å². The van der Waals surface area contributed by atoms with E-state index in [-0.39, 0.29) is 101 Å². The molecule has 3 aromatic heterocycles.